The Hall–Kier alpha value is -1.73. The van der Waals surface area contributed by atoms with Gasteiger partial charge in [-0.2, -0.15) is 5.10 Å². The molecule has 2 N–H and O–H groups in total. The van der Waals surface area contributed by atoms with E-state index < -0.39 is 0 Å². The second-order valence-electron chi connectivity index (χ2n) is 6.14. The molecule has 7 heteroatoms. The van der Waals surface area contributed by atoms with Crippen LogP contribution in [0.1, 0.15) is 12.2 Å². The van der Waals surface area contributed by atoms with Crippen molar-refractivity contribution in [2.24, 2.45) is 13.0 Å². The molecule has 114 valence electrons. The molecule has 1 saturated heterocycles. The number of aryl methyl sites for hydroxylation is 1. The monoisotopic (exact) mass is 289 g/mol. The second-order valence-corrected chi connectivity index (χ2v) is 6.14. The van der Waals surface area contributed by atoms with E-state index in [9.17, 15) is 0 Å². The summed E-state index contributed by atoms with van der Waals surface area (Å²) in [5.74, 6) is 2.01. The standard InChI is InChI=1S/C14H23N7/c1-19-5-4-10(7-19)8-20(2)9-12-17-13(15)11-6-16-21(3)14(11)18-12/h6,10H,4-5,7-9H2,1-3H3,(H2,15,17,18). The molecule has 21 heavy (non-hydrogen) atoms. The maximum atomic E-state index is 6.00. The molecule has 1 unspecified atom stereocenters. The lowest BCUT2D eigenvalue weighted by molar-refractivity contribution is 0.262. The van der Waals surface area contributed by atoms with Gasteiger partial charge in [0.1, 0.15) is 11.6 Å². The molecule has 0 saturated carbocycles. The molecule has 1 aliphatic heterocycles. The van der Waals surface area contributed by atoms with E-state index in [0.29, 0.717) is 12.4 Å². The van der Waals surface area contributed by atoms with Crippen LogP contribution < -0.4 is 5.73 Å². The van der Waals surface area contributed by atoms with E-state index in [0.717, 1.165) is 29.3 Å². The quantitative estimate of drug-likeness (QED) is 0.874. The number of hydrogen-bond donors (Lipinski definition) is 1. The lowest BCUT2D eigenvalue weighted by Gasteiger charge is -2.20. The number of nitrogen functional groups attached to an aromatic ring is 1. The molecule has 2 aromatic rings. The Labute approximate surface area is 124 Å². The van der Waals surface area contributed by atoms with Gasteiger partial charge in [-0.25, -0.2) is 9.97 Å². The molecule has 7 nitrogen and oxygen atoms in total. The van der Waals surface area contributed by atoms with Gasteiger partial charge in [0.15, 0.2) is 5.65 Å². The van der Waals surface area contributed by atoms with Gasteiger partial charge in [-0.05, 0) is 33.0 Å². The molecule has 0 radical (unpaired) electrons. The smallest absolute Gasteiger partial charge is 0.163 e. The minimum atomic E-state index is 0.511. The average Bonchev–Trinajstić information content (AvgIpc) is 2.97. The fraction of sp³-hybridized carbons (Fsp3) is 0.643. The summed E-state index contributed by atoms with van der Waals surface area (Å²) in [5, 5.41) is 5.00. The molecule has 0 aliphatic carbocycles. The summed E-state index contributed by atoms with van der Waals surface area (Å²) in [6.45, 7) is 4.15. The number of aromatic nitrogens is 4. The van der Waals surface area contributed by atoms with Gasteiger partial charge in [0.2, 0.25) is 0 Å². The highest BCUT2D eigenvalue weighted by molar-refractivity contribution is 5.84. The van der Waals surface area contributed by atoms with Crippen LogP contribution in [0.3, 0.4) is 0 Å². The Balaban J connectivity index is 1.70. The first-order valence-electron chi connectivity index (χ1n) is 7.34. The molecule has 0 bridgehead atoms. The van der Waals surface area contributed by atoms with E-state index in [4.69, 9.17) is 5.73 Å². The molecule has 0 spiro atoms. The summed E-state index contributed by atoms with van der Waals surface area (Å²) in [4.78, 5) is 13.6. The van der Waals surface area contributed by atoms with Gasteiger partial charge in [0.25, 0.3) is 0 Å². The first kappa shape index (κ1) is 14.2. The van der Waals surface area contributed by atoms with Crippen molar-refractivity contribution in [2.75, 3.05) is 39.5 Å². The molecular formula is C14H23N7. The summed E-state index contributed by atoms with van der Waals surface area (Å²) in [7, 11) is 6.17. The fourth-order valence-corrected chi connectivity index (χ4v) is 3.08. The van der Waals surface area contributed by atoms with Gasteiger partial charge < -0.3 is 10.6 Å². The van der Waals surface area contributed by atoms with Crippen LogP contribution in [0.5, 0.6) is 0 Å². The van der Waals surface area contributed by atoms with Crippen LogP contribution in [0.25, 0.3) is 11.0 Å². The van der Waals surface area contributed by atoms with Crippen LogP contribution in [0.4, 0.5) is 5.82 Å². The number of anilines is 1. The van der Waals surface area contributed by atoms with E-state index in [1.54, 1.807) is 10.9 Å². The van der Waals surface area contributed by atoms with Gasteiger partial charge in [-0.15, -0.1) is 0 Å². The third-order valence-corrected chi connectivity index (χ3v) is 4.14. The summed E-state index contributed by atoms with van der Waals surface area (Å²) >= 11 is 0. The van der Waals surface area contributed by atoms with Crippen LogP contribution in [0.15, 0.2) is 6.20 Å². The molecule has 0 aromatic carbocycles. The van der Waals surface area contributed by atoms with Crippen molar-refractivity contribution in [3.05, 3.63) is 12.0 Å². The van der Waals surface area contributed by atoms with Crippen molar-refractivity contribution in [1.82, 2.24) is 29.5 Å². The van der Waals surface area contributed by atoms with Crippen molar-refractivity contribution in [3.8, 4) is 0 Å². The van der Waals surface area contributed by atoms with Crippen molar-refractivity contribution < 1.29 is 0 Å². The molecule has 3 rings (SSSR count). The summed E-state index contributed by atoms with van der Waals surface area (Å²) in [6.07, 6.45) is 2.98. The third kappa shape index (κ3) is 2.98. The minimum Gasteiger partial charge on any atom is -0.383 e. The number of likely N-dealkylation sites (tertiary alicyclic amines) is 1. The highest BCUT2D eigenvalue weighted by atomic mass is 15.3. The first-order valence-corrected chi connectivity index (χ1v) is 7.34. The average molecular weight is 289 g/mol. The molecule has 0 amide bonds. The minimum absolute atomic E-state index is 0.511. The van der Waals surface area contributed by atoms with E-state index in [1.165, 1.54) is 19.5 Å². The Morgan fingerprint density at radius 1 is 1.38 bits per heavy atom. The van der Waals surface area contributed by atoms with E-state index in [1.807, 2.05) is 7.05 Å². The fourth-order valence-electron chi connectivity index (χ4n) is 3.08. The zero-order valence-corrected chi connectivity index (χ0v) is 13.0. The van der Waals surface area contributed by atoms with Crippen molar-refractivity contribution in [2.45, 2.75) is 13.0 Å². The first-order chi connectivity index (χ1) is 10.0. The third-order valence-electron chi connectivity index (χ3n) is 4.14. The van der Waals surface area contributed by atoms with E-state index in [2.05, 4.69) is 39.0 Å². The zero-order valence-electron chi connectivity index (χ0n) is 13.0. The second kappa shape index (κ2) is 5.57. The number of nitrogens with zero attached hydrogens (tertiary/aromatic N) is 6. The van der Waals surface area contributed by atoms with Gasteiger partial charge in [0, 0.05) is 20.1 Å². The summed E-state index contributed by atoms with van der Waals surface area (Å²) < 4.78 is 1.74. The Bertz CT molecular complexity index is 636. The summed E-state index contributed by atoms with van der Waals surface area (Å²) in [5.41, 5.74) is 6.80. The molecule has 1 fully saturated rings. The number of rotatable bonds is 4. The molecular weight excluding hydrogens is 266 g/mol. The Morgan fingerprint density at radius 2 is 2.19 bits per heavy atom. The lowest BCUT2D eigenvalue weighted by atomic mass is 10.1. The molecule has 1 atom stereocenters. The Kier molecular flexibility index (Phi) is 3.77. The maximum absolute atomic E-state index is 6.00. The molecule has 3 heterocycles. The zero-order chi connectivity index (χ0) is 15.0. The number of fused-ring (bicyclic) bond motifs is 1. The van der Waals surface area contributed by atoms with Crippen LogP contribution in [-0.2, 0) is 13.6 Å². The van der Waals surface area contributed by atoms with Gasteiger partial charge in [0.05, 0.1) is 18.1 Å². The lowest BCUT2D eigenvalue weighted by Crippen LogP contribution is -2.28. The highest BCUT2D eigenvalue weighted by Crippen LogP contribution is 2.18. The van der Waals surface area contributed by atoms with Crippen LogP contribution in [-0.4, -0.2) is 63.3 Å². The van der Waals surface area contributed by atoms with Gasteiger partial charge in [-0.3, -0.25) is 9.58 Å². The van der Waals surface area contributed by atoms with Crippen LogP contribution >= 0.6 is 0 Å². The van der Waals surface area contributed by atoms with Crippen LogP contribution in [0.2, 0.25) is 0 Å². The normalized spacial score (nSPS) is 19.9. The maximum Gasteiger partial charge on any atom is 0.163 e. The Morgan fingerprint density at radius 3 is 2.90 bits per heavy atom. The SMILES string of the molecule is CN1CCC(CN(C)Cc2nc(N)c3cnn(C)c3n2)C1. The topological polar surface area (TPSA) is 76.1 Å². The van der Waals surface area contributed by atoms with Crippen molar-refractivity contribution >= 4 is 16.9 Å². The molecule has 2 aromatic heterocycles. The van der Waals surface area contributed by atoms with E-state index >= 15 is 0 Å². The van der Waals surface area contributed by atoms with Crippen molar-refractivity contribution in [3.63, 3.8) is 0 Å². The largest absolute Gasteiger partial charge is 0.383 e. The van der Waals surface area contributed by atoms with Crippen molar-refractivity contribution in [1.29, 1.82) is 0 Å². The van der Waals surface area contributed by atoms with Gasteiger partial charge in [-0.1, -0.05) is 0 Å². The van der Waals surface area contributed by atoms with Gasteiger partial charge >= 0.3 is 0 Å². The highest BCUT2D eigenvalue weighted by Gasteiger charge is 2.21. The van der Waals surface area contributed by atoms with Crippen LogP contribution in [0, 0.1) is 5.92 Å². The predicted molar refractivity (Wildman–Crippen MR) is 82.7 cm³/mol. The summed E-state index contributed by atoms with van der Waals surface area (Å²) in [6, 6.07) is 0. The predicted octanol–water partition coefficient (Wildman–Crippen LogP) is 0.329. The number of hydrogen-bond acceptors (Lipinski definition) is 6. The van der Waals surface area contributed by atoms with E-state index in [-0.39, 0.29) is 0 Å². The number of nitrogens with two attached hydrogens (primary N) is 1. The molecule has 1 aliphatic rings.